The van der Waals surface area contributed by atoms with Crippen molar-refractivity contribution in [3.63, 3.8) is 0 Å². The van der Waals surface area contributed by atoms with Gasteiger partial charge in [0.25, 0.3) is 5.91 Å². The molecule has 0 radical (unpaired) electrons. The third-order valence-electron chi connectivity index (χ3n) is 4.28. The quantitative estimate of drug-likeness (QED) is 0.922. The predicted molar refractivity (Wildman–Crippen MR) is 83.9 cm³/mol. The van der Waals surface area contributed by atoms with E-state index in [4.69, 9.17) is 4.74 Å². The molecular formula is C16H24N4O2. The second-order valence-electron chi connectivity index (χ2n) is 5.99. The highest BCUT2D eigenvalue weighted by molar-refractivity contribution is 5.92. The van der Waals surface area contributed by atoms with Crippen LogP contribution in [0.1, 0.15) is 49.0 Å². The lowest BCUT2D eigenvalue weighted by Gasteiger charge is -2.20. The van der Waals surface area contributed by atoms with Gasteiger partial charge in [-0.15, -0.1) is 0 Å². The van der Waals surface area contributed by atoms with Gasteiger partial charge in [0.05, 0.1) is 6.10 Å². The van der Waals surface area contributed by atoms with Crippen LogP contribution in [0.2, 0.25) is 0 Å². The molecular weight excluding hydrogens is 280 g/mol. The summed E-state index contributed by atoms with van der Waals surface area (Å²) >= 11 is 0. The van der Waals surface area contributed by atoms with Gasteiger partial charge in [0.15, 0.2) is 0 Å². The van der Waals surface area contributed by atoms with Gasteiger partial charge in [0.2, 0.25) is 5.95 Å². The second kappa shape index (κ2) is 7.54. The minimum atomic E-state index is 0.0180. The number of aromatic nitrogens is 2. The minimum Gasteiger partial charge on any atom is -0.376 e. The molecule has 3 heterocycles. The van der Waals surface area contributed by atoms with Gasteiger partial charge in [-0.25, -0.2) is 9.97 Å². The Hall–Kier alpha value is -1.69. The molecule has 22 heavy (non-hydrogen) atoms. The molecule has 0 saturated carbocycles. The van der Waals surface area contributed by atoms with E-state index in [1.807, 2.05) is 4.90 Å². The Morgan fingerprint density at radius 1 is 1.27 bits per heavy atom. The maximum absolute atomic E-state index is 12.5. The summed E-state index contributed by atoms with van der Waals surface area (Å²) < 4.78 is 5.57. The third-order valence-corrected chi connectivity index (χ3v) is 4.28. The summed E-state index contributed by atoms with van der Waals surface area (Å²) in [6.07, 6.45) is 8.65. The van der Waals surface area contributed by atoms with E-state index in [0.29, 0.717) is 18.2 Å². The zero-order valence-electron chi connectivity index (χ0n) is 13.0. The van der Waals surface area contributed by atoms with Gasteiger partial charge < -0.3 is 15.0 Å². The van der Waals surface area contributed by atoms with Crippen molar-refractivity contribution in [1.29, 1.82) is 0 Å². The zero-order chi connectivity index (χ0) is 15.2. The lowest BCUT2D eigenvalue weighted by molar-refractivity contribution is 0.0755. The lowest BCUT2D eigenvalue weighted by Crippen LogP contribution is -2.32. The van der Waals surface area contributed by atoms with E-state index in [1.54, 1.807) is 12.3 Å². The number of carbonyl (C=O) groups is 1. The number of hydrogen-bond acceptors (Lipinski definition) is 5. The molecule has 3 rings (SSSR count). The van der Waals surface area contributed by atoms with Crippen molar-refractivity contribution in [2.75, 3.05) is 31.6 Å². The minimum absolute atomic E-state index is 0.0180. The van der Waals surface area contributed by atoms with E-state index >= 15 is 0 Å². The highest BCUT2D eigenvalue weighted by Crippen LogP contribution is 2.14. The van der Waals surface area contributed by atoms with E-state index in [0.717, 1.165) is 45.4 Å². The largest absolute Gasteiger partial charge is 0.376 e. The molecule has 1 atom stereocenters. The van der Waals surface area contributed by atoms with Crippen molar-refractivity contribution in [3.05, 3.63) is 18.0 Å². The number of anilines is 1. The maximum Gasteiger partial charge on any atom is 0.272 e. The predicted octanol–water partition coefficient (Wildman–Crippen LogP) is 2.08. The number of hydrogen-bond donors (Lipinski definition) is 1. The van der Waals surface area contributed by atoms with E-state index in [-0.39, 0.29) is 12.0 Å². The van der Waals surface area contributed by atoms with Gasteiger partial charge in [-0.2, -0.15) is 0 Å². The van der Waals surface area contributed by atoms with Gasteiger partial charge in [0.1, 0.15) is 5.69 Å². The number of nitrogens with one attached hydrogen (secondary N) is 1. The van der Waals surface area contributed by atoms with Gasteiger partial charge in [-0.05, 0) is 31.7 Å². The van der Waals surface area contributed by atoms with E-state index in [9.17, 15) is 4.79 Å². The Bertz CT molecular complexity index is 495. The highest BCUT2D eigenvalue weighted by atomic mass is 16.5. The SMILES string of the molecule is O=C(c1ccnc(NCC2CCCO2)n1)N1CCCCCC1. The van der Waals surface area contributed by atoms with Crippen molar-refractivity contribution in [1.82, 2.24) is 14.9 Å². The molecule has 0 aliphatic carbocycles. The Morgan fingerprint density at radius 3 is 2.82 bits per heavy atom. The van der Waals surface area contributed by atoms with Crippen LogP contribution < -0.4 is 5.32 Å². The Kier molecular flexibility index (Phi) is 5.21. The highest BCUT2D eigenvalue weighted by Gasteiger charge is 2.19. The summed E-state index contributed by atoms with van der Waals surface area (Å²) in [4.78, 5) is 23.0. The van der Waals surface area contributed by atoms with Crippen LogP contribution in [-0.2, 0) is 4.74 Å². The average Bonchev–Trinajstić information content (AvgIpc) is 2.93. The number of amides is 1. The molecule has 6 heteroatoms. The first-order chi connectivity index (χ1) is 10.8. The molecule has 2 aliphatic heterocycles. The molecule has 1 unspecified atom stereocenters. The summed E-state index contributed by atoms with van der Waals surface area (Å²) in [5, 5.41) is 3.18. The van der Waals surface area contributed by atoms with Crippen LogP contribution in [0.15, 0.2) is 12.3 Å². The van der Waals surface area contributed by atoms with Crippen LogP contribution in [0.4, 0.5) is 5.95 Å². The Morgan fingerprint density at radius 2 is 2.09 bits per heavy atom. The van der Waals surface area contributed by atoms with Crippen LogP contribution in [-0.4, -0.2) is 53.1 Å². The first-order valence-electron chi connectivity index (χ1n) is 8.31. The van der Waals surface area contributed by atoms with E-state index in [2.05, 4.69) is 15.3 Å². The van der Waals surface area contributed by atoms with Crippen molar-refractivity contribution >= 4 is 11.9 Å². The lowest BCUT2D eigenvalue weighted by atomic mass is 10.2. The smallest absolute Gasteiger partial charge is 0.272 e. The number of likely N-dealkylation sites (tertiary alicyclic amines) is 1. The van der Waals surface area contributed by atoms with Crippen molar-refractivity contribution in [2.45, 2.75) is 44.6 Å². The normalized spacial score (nSPS) is 22.4. The first kappa shape index (κ1) is 15.2. The fraction of sp³-hybridized carbons (Fsp3) is 0.688. The topological polar surface area (TPSA) is 67.3 Å². The number of carbonyl (C=O) groups excluding carboxylic acids is 1. The molecule has 2 saturated heterocycles. The third kappa shape index (κ3) is 3.94. The van der Waals surface area contributed by atoms with Gasteiger partial charge >= 0.3 is 0 Å². The summed E-state index contributed by atoms with van der Waals surface area (Å²) in [5.74, 6) is 0.528. The molecule has 1 aromatic heterocycles. The number of nitrogens with zero attached hydrogens (tertiary/aromatic N) is 3. The van der Waals surface area contributed by atoms with E-state index < -0.39 is 0 Å². The average molecular weight is 304 g/mol. The maximum atomic E-state index is 12.5. The van der Waals surface area contributed by atoms with Crippen molar-refractivity contribution < 1.29 is 9.53 Å². The molecule has 0 spiro atoms. The summed E-state index contributed by atoms with van der Waals surface area (Å²) in [6.45, 7) is 3.20. The van der Waals surface area contributed by atoms with Crippen LogP contribution in [0.25, 0.3) is 0 Å². The molecule has 1 amide bonds. The monoisotopic (exact) mass is 304 g/mol. The van der Waals surface area contributed by atoms with Gasteiger partial charge in [-0.3, -0.25) is 4.79 Å². The Balaban J connectivity index is 1.60. The molecule has 120 valence electrons. The molecule has 2 aliphatic rings. The van der Waals surface area contributed by atoms with Crippen LogP contribution in [0.3, 0.4) is 0 Å². The van der Waals surface area contributed by atoms with Crippen LogP contribution in [0, 0.1) is 0 Å². The van der Waals surface area contributed by atoms with Crippen LogP contribution in [0.5, 0.6) is 0 Å². The molecule has 0 bridgehead atoms. The molecule has 1 aromatic rings. The number of ether oxygens (including phenoxy) is 1. The Labute approximate surface area is 131 Å². The fourth-order valence-electron chi connectivity index (χ4n) is 3.01. The molecule has 6 nitrogen and oxygen atoms in total. The van der Waals surface area contributed by atoms with Crippen LogP contribution >= 0.6 is 0 Å². The zero-order valence-corrected chi connectivity index (χ0v) is 13.0. The summed E-state index contributed by atoms with van der Waals surface area (Å²) in [6, 6.07) is 1.70. The fourth-order valence-corrected chi connectivity index (χ4v) is 3.01. The van der Waals surface area contributed by atoms with Gasteiger partial charge in [0, 0.05) is 32.4 Å². The number of rotatable bonds is 4. The van der Waals surface area contributed by atoms with Gasteiger partial charge in [-0.1, -0.05) is 12.8 Å². The molecule has 1 N–H and O–H groups in total. The first-order valence-corrected chi connectivity index (χ1v) is 8.31. The summed E-state index contributed by atoms with van der Waals surface area (Å²) in [5.41, 5.74) is 0.478. The standard InChI is InChI=1S/C16H24N4O2/c21-15(20-9-3-1-2-4-10-20)14-7-8-17-16(19-14)18-12-13-6-5-11-22-13/h7-8,13H,1-6,9-12H2,(H,17,18,19). The summed E-state index contributed by atoms with van der Waals surface area (Å²) in [7, 11) is 0. The van der Waals surface area contributed by atoms with Crippen molar-refractivity contribution in [2.24, 2.45) is 0 Å². The molecule has 2 fully saturated rings. The van der Waals surface area contributed by atoms with Crippen molar-refractivity contribution in [3.8, 4) is 0 Å². The second-order valence-corrected chi connectivity index (χ2v) is 5.99. The van der Waals surface area contributed by atoms with E-state index in [1.165, 1.54) is 12.8 Å². The molecule has 0 aromatic carbocycles.